The minimum atomic E-state index is -0.318. The van der Waals surface area contributed by atoms with E-state index in [0.717, 1.165) is 51.4 Å². The number of ether oxygens (including phenoxy) is 2. The van der Waals surface area contributed by atoms with Crippen molar-refractivity contribution in [2.75, 3.05) is 0 Å². The molecule has 0 aromatic carbocycles. The SMILES string of the molecule is C=COC1(C(C)(C)C2(OC=C)CCC(C(C)(C)C)(C(C)(C)C)CC2)CCC(C(C)(C)C)(C(C)(C)C)CC1. The first-order valence-corrected chi connectivity index (χ1v) is 15.0. The molecule has 0 aromatic heterocycles. The molecule has 0 atom stereocenters. The third kappa shape index (κ3) is 4.84. The fraction of sp³-hybridized carbons (Fsp3) is 0.886. The van der Waals surface area contributed by atoms with E-state index in [1.54, 1.807) is 12.5 Å². The quantitative estimate of drug-likeness (QED) is 0.327. The predicted octanol–water partition coefficient (Wildman–Crippen LogP) is 11.1. The maximum absolute atomic E-state index is 6.71. The molecule has 216 valence electrons. The van der Waals surface area contributed by atoms with Gasteiger partial charge in [0, 0.05) is 5.41 Å². The van der Waals surface area contributed by atoms with Gasteiger partial charge in [0.1, 0.15) is 11.2 Å². The molecule has 2 nitrogen and oxygen atoms in total. The number of hydrogen-bond acceptors (Lipinski definition) is 2. The average Bonchev–Trinajstić information content (AvgIpc) is 2.71. The summed E-state index contributed by atoms with van der Waals surface area (Å²) in [7, 11) is 0. The molecule has 0 aromatic rings. The second kappa shape index (κ2) is 9.62. The van der Waals surface area contributed by atoms with E-state index in [0.29, 0.717) is 0 Å². The molecule has 0 aliphatic heterocycles. The smallest absolute Gasteiger partial charge is 0.117 e. The van der Waals surface area contributed by atoms with Crippen LogP contribution >= 0.6 is 0 Å². The Morgan fingerprint density at radius 1 is 0.432 bits per heavy atom. The lowest BCUT2D eigenvalue weighted by atomic mass is 9.42. The van der Waals surface area contributed by atoms with E-state index in [9.17, 15) is 0 Å². The third-order valence-electron chi connectivity index (χ3n) is 12.5. The summed E-state index contributed by atoms with van der Waals surface area (Å²) in [6.07, 6.45) is 12.1. The first kappa shape index (κ1) is 32.3. The Bertz CT molecular complexity index is 699. The van der Waals surface area contributed by atoms with Gasteiger partial charge in [-0.3, -0.25) is 0 Å². The Kier molecular flexibility index (Phi) is 8.40. The molecule has 0 heterocycles. The molecule has 37 heavy (non-hydrogen) atoms. The van der Waals surface area contributed by atoms with Crippen LogP contribution in [0, 0.1) is 37.9 Å². The summed E-state index contributed by atoms with van der Waals surface area (Å²) in [5, 5.41) is 0. The lowest BCUT2D eigenvalue weighted by Crippen LogP contribution is -2.65. The fourth-order valence-electron chi connectivity index (χ4n) is 9.93. The first-order chi connectivity index (χ1) is 16.4. The molecule has 0 spiro atoms. The zero-order valence-electron chi connectivity index (χ0n) is 27.5. The largest absolute Gasteiger partial charge is 0.495 e. The fourth-order valence-corrected chi connectivity index (χ4v) is 9.93. The molecular formula is C35H64O2. The third-order valence-corrected chi connectivity index (χ3v) is 12.5. The van der Waals surface area contributed by atoms with Gasteiger partial charge in [-0.15, -0.1) is 0 Å². The highest BCUT2D eigenvalue weighted by Crippen LogP contribution is 2.68. The van der Waals surface area contributed by atoms with Gasteiger partial charge in [-0.05, 0) is 83.9 Å². The van der Waals surface area contributed by atoms with Gasteiger partial charge in [0.05, 0.1) is 12.5 Å². The molecule has 0 unspecified atom stereocenters. The standard InChI is InChI=1S/C35H64O2/c1-17-36-34(23-19-32(20-24-34,27(3,4)5)28(6,7)8)31(15,16)35(37-18-2)25-21-33(22-26-35,29(9,10)11)30(12,13)14/h17-18H,1-2,19-26H2,3-16H3. The molecule has 2 aliphatic rings. The van der Waals surface area contributed by atoms with E-state index in [2.05, 4.69) is 110 Å². The lowest BCUT2D eigenvalue weighted by Gasteiger charge is -2.66. The van der Waals surface area contributed by atoms with Crippen LogP contribution < -0.4 is 0 Å². The normalized spacial score (nSPS) is 24.2. The minimum absolute atomic E-state index is 0.216. The zero-order chi connectivity index (χ0) is 29.0. The first-order valence-electron chi connectivity index (χ1n) is 15.0. The minimum Gasteiger partial charge on any atom is -0.495 e. The second-order valence-electron chi connectivity index (χ2n) is 17.3. The van der Waals surface area contributed by atoms with E-state index < -0.39 is 0 Å². The van der Waals surface area contributed by atoms with Crippen molar-refractivity contribution in [3.05, 3.63) is 25.7 Å². The average molecular weight is 517 g/mol. The van der Waals surface area contributed by atoms with Crippen LogP contribution in [0.2, 0.25) is 0 Å². The van der Waals surface area contributed by atoms with Crippen molar-refractivity contribution in [1.82, 2.24) is 0 Å². The van der Waals surface area contributed by atoms with Crippen LogP contribution in [0.15, 0.2) is 25.7 Å². The number of hydrogen-bond donors (Lipinski definition) is 0. The van der Waals surface area contributed by atoms with E-state index in [1.807, 2.05) is 0 Å². The molecule has 0 amide bonds. The predicted molar refractivity (Wildman–Crippen MR) is 161 cm³/mol. The van der Waals surface area contributed by atoms with Crippen molar-refractivity contribution in [1.29, 1.82) is 0 Å². The maximum Gasteiger partial charge on any atom is 0.117 e. The monoisotopic (exact) mass is 516 g/mol. The highest BCUT2D eigenvalue weighted by molar-refractivity contribution is 5.17. The van der Waals surface area contributed by atoms with Gasteiger partial charge in [-0.1, -0.05) is 110 Å². The molecule has 2 aliphatic carbocycles. The van der Waals surface area contributed by atoms with Crippen LogP contribution in [0.4, 0.5) is 0 Å². The summed E-state index contributed by atoms with van der Waals surface area (Å²) in [6, 6.07) is 0. The Balaban J connectivity index is 2.56. The van der Waals surface area contributed by atoms with Crippen LogP contribution in [0.25, 0.3) is 0 Å². The van der Waals surface area contributed by atoms with Crippen molar-refractivity contribution in [2.45, 2.75) is 160 Å². The summed E-state index contributed by atoms with van der Waals surface area (Å²) in [5.41, 5.74) is 0.510. The summed E-state index contributed by atoms with van der Waals surface area (Å²) in [5.74, 6) is 0. The second-order valence-corrected chi connectivity index (χ2v) is 17.3. The van der Waals surface area contributed by atoms with Crippen LogP contribution in [-0.2, 0) is 9.47 Å². The van der Waals surface area contributed by atoms with Crippen molar-refractivity contribution >= 4 is 0 Å². The van der Waals surface area contributed by atoms with Gasteiger partial charge in [0.15, 0.2) is 0 Å². The molecule has 2 heteroatoms. The van der Waals surface area contributed by atoms with Crippen LogP contribution in [-0.4, -0.2) is 11.2 Å². The van der Waals surface area contributed by atoms with Crippen molar-refractivity contribution in [3.63, 3.8) is 0 Å². The Morgan fingerprint density at radius 3 is 0.811 bits per heavy atom. The summed E-state index contributed by atoms with van der Waals surface area (Å²) < 4.78 is 13.4. The molecule has 0 bridgehead atoms. The zero-order valence-corrected chi connectivity index (χ0v) is 27.5. The Hall–Kier alpha value is -0.920. The van der Waals surface area contributed by atoms with Gasteiger partial charge < -0.3 is 9.47 Å². The van der Waals surface area contributed by atoms with E-state index in [1.165, 1.54) is 0 Å². The molecule has 2 saturated carbocycles. The summed E-state index contributed by atoms with van der Waals surface area (Å²) >= 11 is 0. The van der Waals surface area contributed by atoms with Crippen LogP contribution in [0.1, 0.15) is 148 Å². The van der Waals surface area contributed by atoms with Gasteiger partial charge >= 0.3 is 0 Å². The van der Waals surface area contributed by atoms with Gasteiger partial charge in [0.2, 0.25) is 0 Å². The Morgan fingerprint density at radius 2 is 0.649 bits per heavy atom. The summed E-state index contributed by atoms with van der Waals surface area (Å²) in [6.45, 7) is 42.2. The molecule has 0 saturated heterocycles. The van der Waals surface area contributed by atoms with Crippen molar-refractivity contribution < 1.29 is 9.47 Å². The number of rotatable bonds is 6. The topological polar surface area (TPSA) is 18.5 Å². The summed E-state index contributed by atoms with van der Waals surface area (Å²) in [4.78, 5) is 0. The van der Waals surface area contributed by atoms with Crippen molar-refractivity contribution in [3.8, 4) is 0 Å². The van der Waals surface area contributed by atoms with Gasteiger partial charge in [0.25, 0.3) is 0 Å². The van der Waals surface area contributed by atoms with Gasteiger partial charge in [-0.2, -0.15) is 0 Å². The highest BCUT2D eigenvalue weighted by atomic mass is 16.5. The van der Waals surface area contributed by atoms with Gasteiger partial charge in [-0.25, -0.2) is 0 Å². The molecule has 0 N–H and O–H groups in total. The highest BCUT2D eigenvalue weighted by Gasteiger charge is 2.66. The van der Waals surface area contributed by atoms with E-state index in [-0.39, 0.29) is 49.1 Å². The lowest BCUT2D eigenvalue weighted by molar-refractivity contribution is -0.243. The molecule has 2 fully saturated rings. The maximum atomic E-state index is 6.71. The van der Waals surface area contributed by atoms with Crippen LogP contribution in [0.5, 0.6) is 0 Å². The van der Waals surface area contributed by atoms with E-state index in [4.69, 9.17) is 9.47 Å². The molecule has 0 radical (unpaired) electrons. The van der Waals surface area contributed by atoms with Crippen LogP contribution in [0.3, 0.4) is 0 Å². The van der Waals surface area contributed by atoms with Crippen molar-refractivity contribution in [2.24, 2.45) is 37.9 Å². The Labute approximate surface area is 232 Å². The van der Waals surface area contributed by atoms with E-state index >= 15 is 0 Å². The molecule has 2 rings (SSSR count). The molecular weight excluding hydrogens is 452 g/mol.